The summed E-state index contributed by atoms with van der Waals surface area (Å²) in [4.78, 5) is 10.8. The molecule has 0 aromatic carbocycles. The monoisotopic (exact) mass is 221 g/mol. The van der Waals surface area contributed by atoms with E-state index in [1.54, 1.807) is 12.4 Å². The van der Waals surface area contributed by atoms with Gasteiger partial charge in [0, 0.05) is 12.6 Å². The van der Waals surface area contributed by atoms with Gasteiger partial charge < -0.3 is 10.0 Å². The maximum absolute atomic E-state index is 9.06. The van der Waals surface area contributed by atoms with E-state index >= 15 is 0 Å². The highest BCUT2D eigenvalue weighted by atomic mass is 16.3. The second kappa shape index (κ2) is 4.78. The Bertz CT molecular complexity index is 350. The van der Waals surface area contributed by atoms with Crippen molar-refractivity contribution in [3.8, 4) is 0 Å². The summed E-state index contributed by atoms with van der Waals surface area (Å²) >= 11 is 0. The lowest BCUT2D eigenvalue weighted by atomic mass is 10.2. The topological polar surface area (TPSA) is 49.2 Å². The van der Waals surface area contributed by atoms with Crippen molar-refractivity contribution in [3.63, 3.8) is 0 Å². The fraction of sp³-hybridized carbons (Fsp3) is 0.667. The van der Waals surface area contributed by atoms with Crippen LogP contribution in [0.3, 0.4) is 0 Å². The molecule has 1 aromatic heterocycles. The molecule has 0 aliphatic heterocycles. The zero-order chi connectivity index (χ0) is 11.5. The lowest BCUT2D eigenvalue weighted by Gasteiger charge is -2.27. The van der Waals surface area contributed by atoms with E-state index in [0.717, 1.165) is 18.3 Å². The molecule has 16 heavy (non-hydrogen) atoms. The van der Waals surface area contributed by atoms with Gasteiger partial charge in [-0.2, -0.15) is 0 Å². The van der Waals surface area contributed by atoms with Crippen LogP contribution in [0.5, 0.6) is 0 Å². The van der Waals surface area contributed by atoms with Crippen molar-refractivity contribution in [2.24, 2.45) is 5.92 Å². The van der Waals surface area contributed by atoms with Crippen molar-refractivity contribution < 1.29 is 5.11 Å². The molecule has 1 aromatic rings. The Balaban J connectivity index is 2.15. The highest BCUT2D eigenvalue weighted by Crippen LogP contribution is 2.31. The van der Waals surface area contributed by atoms with Gasteiger partial charge in [-0.1, -0.05) is 0 Å². The molecule has 1 saturated carbocycles. The summed E-state index contributed by atoms with van der Waals surface area (Å²) in [6.45, 7) is 5.34. The Morgan fingerprint density at radius 3 is 2.75 bits per heavy atom. The molecule has 0 bridgehead atoms. The van der Waals surface area contributed by atoms with Crippen LogP contribution in [0.2, 0.25) is 0 Å². The standard InChI is InChI=1S/C12H19N3O/c1-9(2)15(7-10-3-4-10)12-6-13-5-11(8-16)14-12/h5-6,9-10,16H,3-4,7-8H2,1-2H3. The molecule has 1 aliphatic carbocycles. The molecule has 2 rings (SSSR count). The summed E-state index contributed by atoms with van der Waals surface area (Å²) in [5, 5.41) is 9.06. The predicted octanol–water partition coefficient (Wildman–Crippen LogP) is 1.59. The van der Waals surface area contributed by atoms with Crippen molar-refractivity contribution in [1.29, 1.82) is 0 Å². The van der Waals surface area contributed by atoms with Crippen LogP contribution in [0.1, 0.15) is 32.4 Å². The first-order valence-corrected chi connectivity index (χ1v) is 5.89. The molecular formula is C12H19N3O. The maximum Gasteiger partial charge on any atom is 0.147 e. The van der Waals surface area contributed by atoms with Crippen molar-refractivity contribution in [3.05, 3.63) is 18.1 Å². The maximum atomic E-state index is 9.06. The van der Waals surface area contributed by atoms with Gasteiger partial charge in [-0.05, 0) is 32.6 Å². The van der Waals surface area contributed by atoms with Crippen molar-refractivity contribution in [2.75, 3.05) is 11.4 Å². The number of nitrogens with zero attached hydrogens (tertiary/aromatic N) is 3. The minimum atomic E-state index is -0.0454. The lowest BCUT2D eigenvalue weighted by Crippen LogP contribution is -2.33. The van der Waals surface area contributed by atoms with Crippen LogP contribution in [-0.2, 0) is 6.61 Å². The Morgan fingerprint density at radius 1 is 1.44 bits per heavy atom. The van der Waals surface area contributed by atoms with Crippen LogP contribution < -0.4 is 4.90 Å². The Kier molecular flexibility index (Phi) is 3.39. The van der Waals surface area contributed by atoms with Gasteiger partial charge in [0.05, 0.1) is 24.7 Å². The predicted molar refractivity (Wildman–Crippen MR) is 63.2 cm³/mol. The van der Waals surface area contributed by atoms with Crippen LogP contribution in [-0.4, -0.2) is 27.7 Å². The van der Waals surface area contributed by atoms with Gasteiger partial charge in [-0.3, -0.25) is 4.98 Å². The van der Waals surface area contributed by atoms with E-state index in [9.17, 15) is 0 Å². The van der Waals surface area contributed by atoms with E-state index in [2.05, 4.69) is 28.7 Å². The number of hydrogen-bond acceptors (Lipinski definition) is 4. The van der Waals surface area contributed by atoms with Crippen LogP contribution in [0.4, 0.5) is 5.82 Å². The number of aliphatic hydroxyl groups excluding tert-OH is 1. The normalized spacial score (nSPS) is 15.5. The van der Waals surface area contributed by atoms with Crippen molar-refractivity contribution in [2.45, 2.75) is 39.3 Å². The van der Waals surface area contributed by atoms with E-state index in [-0.39, 0.29) is 6.61 Å². The average molecular weight is 221 g/mol. The van der Waals surface area contributed by atoms with Gasteiger partial charge >= 0.3 is 0 Å². The molecule has 0 spiro atoms. The second-order valence-corrected chi connectivity index (χ2v) is 4.72. The highest BCUT2D eigenvalue weighted by Gasteiger charge is 2.26. The summed E-state index contributed by atoms with van der Waals surface area (Å²) in [5.74, 6) is 1.70. The third kappa shape index (κ3) is 2.70. The van der Waals surface area contributed by atoms with Crippen LogP contribution in [0.25, 0.3) is 0 Å². The first kappa shape index (κ1) is 11.3. The molecule has 1 heterocycles. The first-order valence-electron chi connectivity index (χ1n) is 5.89. The summed E-state index contributed by atoms with van der Waals surface area (Å²) < 4.78 is 0. The van der Waals surface area contributed by atoms with Crippen molar-refractivity contribution >= 4 is 5.82 Å². The van der Waals surface area contributed by atoms with Crippen molar-refractivity contribution in [1.82, 2.24) is 9.97 Å². The molecule has 0 unspecified atom stereocenters. The molecule has 1 fully saturated rings. The zero-order valence-corrected chi connectivity index (χ0v) is 9.93. The summed E-state index contributed by atoms with van der Waals surface area (Å²) in [5.41, 5.74) is 0.638. The van der Waals surface area contributed by atoms with Crippen LogP contribution in [0, 0.1) is 5.92 Å². The number of hydrogen-bond donors (Lipinski definition) is 1. The quantitative estimate of drug-likeness (QED) is 0.820. The molecule has 0 atom stereocenters. The molecule has 1 aliphatic rings. The third-order valence-corrected chi connectivity index (χ3v) is 2.90. The number of rotatable bonds is 5. The SMILES string of the molecule is CC(C)N(CC1CC1)c1cncc(CO)n1. The van der Waals surface area contributed by atoms with Gasteiger partial charge in [0.15, 0.2) is 0 Å². The number of aliphatic hydroxyl groups is 1. The molecule has 4 heteroatoms. The average Bonchev–Trinajstić information content (AvgIpc) is 3.09. The van der Waals surface area contributed by atoms with E-state index in [4.69, 9.17) is 5.11 Å². The molecule has 1 N–H and O–H groups in total. The zero-order valence-electron chi connectivity index (χ0n) is 9.93. The Labute approximate surface area is 96.3 Å². The van der Waals surface area contributed by atoms with E-state index < -0.39 is 0 Å². The third-order valence-electron chi connectivity index (χ3n) is 2.90. The molecule has 0 saturated heterocycles. The minimum Gasteiger partial charge on any atom is -0.390 e. The highest BCUT2D eigenvalue weighted by molar-refractivity contribution is 5.37. The second-order valence-electron chi connectivity index (χ2n) is 4.72. The van der Waals surface area contributed by atoms with E-state index in [1.807, 2.05) is 0 Å². The fourth-order valence-corrected chi connectivity index (χ4v) is 1.76. The summed E-state index contributed by atoms with van der Waals surface area (Å²) in [6.07, 6.45) is 6.05. The van der Waals surface area contributed by atoms with Gasteiger partial charge in [0.2, 0.25) is 0 Å². The molecule has 0 radical (unpaired) electrons. The molecule has 4 nitrogen and oxygen atoms in total. The first-order chi connectivity index (χ1) is 7.70. The summed E-state index contributed by atoms with van der Waals surface area (Å²) in [6, 6.07) is 0.420. The summed E-state index contributed by atoms with van der Waals surface area (Å²) in [7, 11) is 0. The van der Waals surface area contributed by atoms with Crippen LogP contribution >= 0.6 is 0 Å². The minimum absolute atomic E-state index is 0.0454. The number of aromatic nitrogens is 2. The van der Waals surface area contributed by atoms with Gasteiger partial charge in [0.25, 0.3) is 0 Å². The lowest BCUT2D eigenvalue weighted by molar-refractivity contribution is 0.276. The molecule has 88 valence electrons. The molecular weight excluding hydrogens is 202 g/mol. The fourth-order valence-electron chi connectivity index (χ4n) is 1.76. The Morgan fingerprint density at radius 2 is 2.19 bits per heavy atom. The van der Waals surface area contributed by atoms with E-state index in [0.29, 0.717) is 11.7 Å². The molecule has 0 amide bonds. The van der Waals surface area contributed by atoms with Gasteiger partial charge in [0.1, 0.15) is 5.82 Å². The van der Waals surface area contributed by atoms with E-state index in [1.165, 1.54) is 12.8 Å². The smallest absolute Gasteiger partial charge is 0.147 e. The van der Waals surface area contributed by atoms with Crippen LogP contribution in [0.15, 0.2) is 12.4 Å². The largest absolute Gasteiger partial charge is 0.390 e. The van der Waals surface area contributed by atoms with Gasteiger partial charge in [-0.25, -0.2) is 4.98 Å². The Hall–Kier alpha value is -1.16. The van der Waals surface area contributed by atoms with Gasteiger partial charge in [-0.15, -0.1) is 0 Å². The number of anilines is 1.